The van der Waals surface area contributed by atoms with E-state index in [0.29, 0.717) is 5.92 Å². The number of rotatable bonds is 4. The SMILES string of the molecule is CN1C2CCC1CC(c1noc(CCNC(C)(C)C)n1)C2. The highest BCUT2D eigenvalue weighted by molar-refractivity contribution is 5.05. The molecule has 0 saturated carbocycles. The fraction of sp³-hybridized carbons (Fsp3) is 0.875. The van der Waals surface area contributed by atoms with Gasteiger partial charge in [0.1, 0.15) is 0 Å². The van der Waals surface area contributed by atoms with Gasteiger partial charge in [0, 0.05) is 36.5 Å². The summed E-state index contributed by atoms with van der Waals surface area (Å²) in [5.74, 6) is 2.20. The summed E-state index contributed by atoms with van der Waals surface area (Å²) in [6, 6.07) is 1.44. The Hall–Kier alpha value is -0.940. The standard InChI is InChI=1S/C16H28N4O/c1-16(2,3)17-8-7-14-18-15(19-21-14)11-9-12-5-6-13(10-11)20(12)4/h11-13,17H,5-10H2,1-4H3. The minimum Gasteiger partial charge on any atom is -0.339 e. The van der Waals surface area contributed by atoms with E-state index in [9.17, 15) is 0 Å². The quantitative estimate of drug-likeness (QED) is 0.923. The predicted octanol–water partition coefficient (Wildman–Crippen LogP) is 2.34. The van der Waals surface area contributed by atoms with E-state index in [-0.39, 0.29) is 5.54 Å². The van der Waals surface area contributed by atoms with E-state index in [4.69, 9.17) is 4.52 Å². The van der Waals surface area contributed by atoms with Crippen molar-refractivity contribution < 1.29 is 4.52 Å². The van der Waals surface area contributed by atoms with Crippen molar-refractivity contribution in [1.29, 1.82) is 0 Å². The highest BCUT2D eigenvalue weighted by Crippen LogP contribution is 2.41. The van der Waals surface area contributed by atoms with Crippen LogP contribution in [0.1, 0.15) is 64.1 Å². The molecular weight excluding hydrogens is 264 g/mol. The van der Waals surface area contributed by atoms with Gasteiger partial charge in [-0.25, -0.2) is 0 Å². The summed E-state index contributed by atoms with van der Waals surface area (Å²) in [5, 5.41) is 7.70. The number of nitrogens with one attached hydrogen (secondary N) is 1. The Balaban J connectivity index is 1.56. The second-order valence-corrected chi connectivity index (χ2v) is 7.69. The van der Waals surface area contributed by atoms with Crippen LogP contribution in [0.3, 0.4) is 0 Å². The molecule has 0 amide bonds. The Morgan fingerprint density at radius 3 is 2.52 bits per heavy atom. The van der Waals surface area contributed by atoms with Crippen LogP contribution in [-0.2, 0) is 6.42 Å². The van der Waals surface area contributed by atoms with E-state index < -0.39 is 0 Å². The molecule has 1 aromatic rings. The number of piperidine rings is 1. The molecule has 21 heavy (non-hydrogen) atoms. The van der Waals surface area contributed by atoms with Crippen LogP contribution >= 0.6 is 0 Å². The molecule has 5 heteroatoms. The molecule has 2 bridgehead atoms. The summed E-state index contributed by atoms with van der Waals surface area (Å²) in [6.45, 7) is 7.38. The van der Waals surface area contributed by atoms with Crippen molar-refractivity contribution in [3.63, 3.8) is 0 Å². The van der Waals surface area contributed by atoms with Gasteiger partial charge in [-0.2, -0.15) is 4.98 Å². The first-order chi connectivity index (χ1) is 9.92. The van der Waals surface area contributed by atoms with Crippen LogP contribution in [0.5, 0.6) is 0 Å². The van der Waals surface area contributed by atoms with Gasteiger partial charge in [-0.3, -0.25) is 0 Å². The Morgan fingerprint density at radius 1 is 1.24 bits per heavy atom. The van der Waals surface area contributed by atoms with Crippen molar-refractivity contribution in [3.05, 3.63) is 11.7 Å². The third-order valence-electron chi connectivity index (χ3n) is 4.94. The largest absolute Gasteiger partial charge is 0.339 e. The van der Waals surface area contributed by atoms with E-state index in [0.717, 1.165) is 36.8 Å². The minimum atomic E-state index is 0.135. The Labute approximate surface area is 127 Å². The Morgan fingerprint density at radius 2 is 1.90 bits per heavy atom. The first-order valence-electron chi connectivity index (χ1n) is 8.22. The lowest BCUT2D eigenvalue weighted by Crippen LogP contribution is -2.39. The summed E-state index contributed by atoms with van der Waals surface area (Å²) in [5.41, 5.74) is 0.135. The van der Waals surface area contributed by atoms with E-state index in [1.165, 1.54) is 25.7 Å². The van der Waals surface area contributed by atoms with Crippen molar-refractivity contribution in [2.45, 2.75) is 76.4 Å². The van der Waals surface area contributed by atoms with Crippen LogP contribution in [0.4, 0.5) is 0 Å². The van der Waals surface area contributed by atoms with E-state index >= 15 is 0 Å². The van der Waals surface area contributed by atoms with Crippen molar-refractivity contribution >= 4 is 0 Å². The maximum atomic E-state index is 5.44. The number of hydrogen-bond acceptors (Lipinski definition) is 5. The zero-order valence-electron chi connectivity index (χ0n) is 13.7. The van der Waals surface area contributed by atoms with Gasteiger partial charge in [-0.05, 0) is 53.5 Å². The van der Waals surface area contributed by atoms with Gasteiger partial charge in [0.25, 0.3) is 0 Å². The average Bonchev–Trinajstić information content (AvgIpc) is 2.91. The lowest BCUT2D eigenvalue weighted by Gasteiger charge is -2.34. The highest BCUT2D eigenvalue weighted by Gasteiger charge is 2.40. The fourth-order valence-corrected chi connectivity index (χ4v) is 3.70. The molecule has 1 N–H and O–H groups in total. The van der Waals surface area contributed by atoms with Crippen LogP contribution < -0.4 is 5.32 Å². The lowest BCUT2D eigenvalue weighted by molar-refractivity contribution is 0.157. The highest BCUT2D eigenvalue weighted by atomic mass is 16.5. The van der Waals surface area contributed by atoms with E-state index in [1.807, 2.05) is 0 Å². The topological polar surface area (TPSA) is 54.2 Å². The number of hydrogen-bond donors (Lipinski definition) is 1. The van der Waals surface area contributed by atoms with Crippen molar-refractivity contribution in [2.24, 2.45) is 0 Å². The average molecular weight is 292 g/mol. The molecule has 2 unspecified atom stereocenters. The summed E-state index contributed by atoms with van der Waals surface area (Å²) in [7, 11) is 2.26. The summed E-state index contributed by atoms with van der Waals surface area (Å²) < 4.78 is 5.44. The molecule has 5 nitrogen and oxygen atoms in total. The van der Waals surface area contributed by atoms with E-state index in [1.54, 1.807) is 0 Å². The molecular formula is C16H28N4O. The molecule has 0 aromatic carbocycles. The zero-order chi connectivity index (χ0) is 15.0. The van der Waals surface area contributed by atoms with Crippen LogP contribution in [-0.4, -0.2) is 46.3 Å². The third kappa shape index (κ3) is 3.46. The molecule has 2 aliphatic heterocycles. The molecule has 1 aromatic heterocycles. The summed E-state index contributed by atoms with van der Waals surface area (Å²) in [4.78, 5) is 7.19. The molecule has 118 valence electrons. The van der Waals surface area contributed by atoms with Crippen LogP contribution in [0.15, 0.2) is 4.52 Å². The monoisotopic (exact) mass is 292 g/mol. The summed E-state index contributed by atoms with van der Waals surface area (Å²) >= 11 is 0. The lowest BCUT2D eigenvalue weighted by atomic mass is 9.90. The molecule has 2 fully saturated rings. The first-order valence-corrected chi connectivity index (χ1v) is 8.22. The van der Waals surface area contributed by atoms with Gasteiger partial charge in [0.2, 0.25) is 5.89 Å². The zero-order valence-corrected chi connectivity index (χ0v) is 13.7. The molecule has 2 aliphatic rings. The predicted molar refractivity (Wildman–Crippen MR) is 82.3 cm³/mol. The van der Waals surface area contributed by atoms with Gasteiger partial charge in [0.15, 0.2) is 5.82 Å². The third-order valence-corrected chi connectivity index (χ3v) is 4.94. The second kappa shape index (κ2) is 5.69. The van der Waals surface area contributed by atoms with Crippen LogP contribution in [0, 0.1) is 0 Å². The molecule has 0 spiro atoms. The first kappa shape index (κ1) is 15.0. The minimum absolute atomic E-state index is 0.135. The van der Waals surface area contributed by atoms with Crippen LogP contribution in [0.25, 0.3) is 0 Å². The van der Waals surface area contributed by atoms with E-state index in [2.05, 4.69) is 48.2 Å². The Kier molecular flexibility index (Phi) is 4.06. The molecule has 2 saturated heterocycles. The van der Waals surface area contributed by atoms with Gasteiger partial charge < -0.3 is 14.7 Å². The van der Waals surface area contributed by atoms with Gasteiger partial charge >= 0.3 is 0 Å². The number of nitrogens with zero attached hydrogens (tertiary/aromatic N) is 3. The van der Waals surface area contributed by atoms with Crippen molar-refractivity contribution in [1.82, 2.24) is 20.4 Å². The second-order valence-electron chi connectivity index (χ2n) is 7.69. The number of fused-ring (bicyclic) bond motifs is 2. The maximum absolute atomic E-state index is 5.44. The number of aromatic nitrogens is 2. The molecule has 0 aliphatic carbocycles. The molecule has 2 atom stereocenters. The van der Waals surface area contributed by atoms with Crippen molar-refractivity contribution in [3.8, 4) is 0 Å². The van der Waals surface area contributed by atoms with Crippen LogP contribution in [0.2, 0.25) is 0 Å². The van der Waals surface area contributed by atoms with Gasteiger partial charge in [-0.15, -0.1) is 0 Å². The molecule has 3 rings (SSSR count). The molecule has 0 radical (unpaired) electrons. The maximum Gasteiger partial charge on any atom is 0.227 e. The van der Waals surface area contributed by atoms with Crippen molar-refractivity contribution in [2.75, 3.05) is 13.6 Å². The smallest absolute Gasteiger partial charge is 0.227 e. The normalized spacial score (nSPS) is 30.0. The van der Waals surface area contributed by atoms with Gasteiger partial charge in [0.05, 0.1) is 0 Å². The Bertz CT molecular complexity index is 465. The van der Waals surface area contributed by atoms with Gasteiger partial charge in [-0.1, -0.05) is 5.16 Å². The summed E-state index contributed by atoms with van der Waals surface area (Å²) in [6.07, 6.45) is 5.85. The molecule has 3 heterocycles. The fourth-order valence-electron chi connectivity index (χ4n) is 3.70.